The molecule has 59 heavy (non-hydrogen) atoms. The highest BCUT2D eigenvalue weighted by Crippen LogP contribution is 2.65. The highest BCUT2D eigenvalue weighted by atomic mass is 32.2. The summed E-state index contributed by atoms with van der Waals surface area (Å²) >= 11 is 1.53. The molecule has 4 aromatic rings. The molecule has 3 aromatic carbocycles. The minimum Gasteiger partial charge on any atom is -0.504 e. The zero-order valence-electron chi connectivity index (χ0n) is 33.5. The van der Waals surface area contributed by atoms with Crippen LogP contribution >= 0.6 is 11.8 Å². The first-order valence-electron chi connectivity index (χ1n) is 19.9. The zero-order valence-corrected chi connectivity index (χ0v) is 34.3. The van der Waals surface area contributed by atoms with E-state index in [1.165, 1.54) is 18.7 Å². The largest absolute Gasteiger partial charge is 0.504 e. The lowest BCUT2D eigenvalue weighted by atomic mass is 9.71. The Labute approximate surface area is 345 Å². The van der Waals surface area contributed by atoms with Crippen molar-refractivity contribution in [2.75, 3.05) is 46.5 Å². The quantitative estimate of drug-likeness (QED) is 0.135. The summed E-state index contributed by atoms with van der Waals surface area (Å²) in [5.41, 5.74) is 5.73. The van der Waals surface area contributed by atoms with Crippen molar-refractivity contribution in [1.29, 1.82) is 5.26 Å². The summed E-state index contributed by atoms with van der Waals surface area (Å²) in [6, 6.07) is 7.76. The highest BCUT2D eigenvalue weighted by Gasteiger charge is 2.62. The molecule has 0 saturated carbocycles. The first kappa shape index (κ1) is 37.8. The van der Waals surface area contributed by atoms with Crippen LogP contribution in [-0.4, -0.2) is 96.4 Å². The topological polar surface area (TPSA) is 168 Å². The van der Waals surface area contributed by atoms with E-state index < -0.39 is 46.9 Å². The lowest BCUT2D eigenvalue weighted by Gasteiger charge is -2.62. The number of phenols is 1. The summed E-state index contributed by atoms with van der Waals surface area (Å²) in [4.78, 5) is 36.1. The van der Waals surface area contributed by atoms with E-state index in [4.69, 9.17) is 28.4 Å². The van der Waals surface area contributed by atoms with E-state index in [0.717, 1.165) is 33.3 Å². The Balaban J connectivity index is 1.26. The van der Waals surface area contributed by atoms with Gasteiger partial charge in [0.25, 0.3) is 0 Å². The number of esters is 2. The van der Waals surface area contributed by atoms with Gasteiger partial charge in [0.15, 0.2) is 28.5 Å². The molecule has 14 nitrogen and oxygen atoms in total. The van der Waals surface area contributed by atoms with Crippen LogP contribution in [0.3, 0.4) is 0 Å². The fourth-order valence-corrected chi connectivity index (χ4v) is 12.7. The molecule has 2 fully saturated rings. The number of piperazine rings is 1. The molecule has 0 amide bonds. The first-order valence-corrected chi connectivity index (χ1v) is 20.9. The van der Waals surface area contributed by atoms with Crippen molar-refractivity contribution in [3.63, 3.8) is 0 Å². The van der Waals surface area contributed by atoms with Gasteiger partial charge in [-0.25, -0.2) is 4.79 Å². The van der Waals surface area contributed by atoms with Gasteiger partial charge in [-0.15, -0.1) is 18.3 Å². The number of hydrogen-bond donors (Lipinski definition) is 3. The van der Waals surface area contributed by atoms with Crippen molar-refractivity contribution in [1.82, 2.24) is 20.1 Å². The maximum absolute atomic E-state index is 15.0. The number of benzene rings is 3. The molecule has 0 radical (unpaired) electrons. The van der Waals surface area contributed by atoms with Crippen LogP contribution in [0.5, 0.6) is 34.5 Å². The summed E-state index contributed by atoms with van der Waals surface area (Å²) in [5, 5.41) is 27.6. The monoisotopic (exact) mass is 819 g/mol. The fraction of sp³-hybridized carbons (Fsp3) is 0.432. The van der Waals surface area contributed by atoms with E-state index in [9.17, 15) is 20.0 Å². The van der Waals surface area contributed by atoms with Gasteiger partial charge >= 0.3 is 11.9 Å². The minimum absolute atomic E-state index is 0.0469. The number of thioether (sulfide) groups is 1. The number of ether oxygens (including phenoxy) is 6. The Hall–Kier alpha value is -5.40. The molecule has 0 aliphatic carbocycles. The van der Waals surface area contributed by atoms with Crippen molar-refractivity contribution in [3.8, 4) is 40.6 Å². The normalized spacial score (nSPS) is 27.8. The van der Waals surface area contributed by atoms with Gasteiger partial charge in [-0.3, -0.25) is 19.9 Å². The number of aromatic hydroxyl groups is 1. The molecular weight excluding hydrogens is 775 g/mol. The van der Waals surface area contributed by atoms with Gasteiger partial charge in [-0.05, 0) is 61.6 Å². The van der Waals surface area contributed by atoms with Crippen molar-refractivity contribution < 1.29 is 43.1 Å². The van der Waals surface area contributed by atoms with E-state index in [2.05, 4.69) is 38.8 Å². The minimum atomic E-state index is -1.31. The zero-order chi connectivity index (χ0) is 41.1. The number of phenolic OH excluding ortho intramolecular Hbond substituents is 1. The van der Waals surface area contributed by atoms with Crippen LogP contribution < -0.4 is 29.0 Å². The first-order chi connectivity index (χ1) is 28.6. The van der Waals surface area contributed by atoms with E-state index in [0.29, 0.717) is 76.9 Å². The smallest absolute Gasteiger partial charge is 0.333 e. The van der Waals surface area contributed by atoms with Crippen LogP contribution in [0.2, 0.25) is 0 Å². The van der Waals surface area contributed by atoms with Crippen molar-refractivity contribution in [2.45, 2.75) is 74.6 Å². The van der Waals surface area contributed by atoms with Gasteiger partial charge in [-0.2, -0.15) is 5.26 Å². The molecule has 2 saturated heterocycles. The van der Waals surface area contributed by atoms with Gasteiger partial charge in [0.05, 0.1) is 43.3 Å². The second kappa shape index (κ2) is 13.8. The summed E-state index contributed by atoms with van der Waals surface area (Å²) < 4.78 is 36.5. The molecule has 7 aliphatic rings. The van der Waals surface area contributed by atoms with Gasteiger partial charge in [0.1, 0.15) is 24.1 Å². The number of aryl methyl sites for hydroxylation is 1. The van der Waals surface area contributed by atoms with Gasteiger partial charge < -0.3 is 38.5 Å². The lowest BCUT2D eigenvalue weighted by Crippen LogP contribution is -2.70. The Morgan fingerprint density at radius 1 is 1.14 bits per heavy atom. The SMILES string of the molecule is C=CCN1[C@@H]2c3c(cc(C)c(OC)c3O)C[C@H]1[C@H](C#N)N1C2[C@@H]2SC[C@]3(NCCc4c3[nH]c3ccc(OC)cc43)C(=O)OC[C@H]1c1c3c(c(C)c(OC(C)=O)c12)OCO3. The highest BCUT2D eigenvalue weighted by molar-refractivity contribution is 7.99. The number of hydrogen-bond acceptors (Lipinski definition) is 14. The maximum Gasteiger partial charge on any atom is 0.333 e. The number of carbonyl (C=O) groups excluding carboxylic acids is 2. The predicted octanol–water partition coefficient (Wildman–Crippen LogP) is 5.32. The molecule has 7 aliphatic heterocycles. The Bertz CT molecular complexity index is 2530. The second-order valence-electron chi connectivity index (χ2n) is 16.1. The summed E-state index contributed by atoms with van der Waals surface area (Å²) in [5.74, 6) is 1.66. The van der Waals surface area contributed by atoms with Gasteiger partial charge in [0, 0.05) is 71.0 Å². The van der Waals surface area contributed by atoms with Gasteiger partial charge in [-0.1, -0.05) is 12.1 Å². The molecule has 15 heteroatoms. The molecule has 1 aromatic heterocycles. The molecule has 3 N–H and O–H groups in total. The molecule has 4 bridgehead atoms. The number of rotatable bonds is 5. The van der Waals surface area contributed by atoms with Crippen LogP contribution in [0.4, 0.5) is 0 Å². The number of nitriles is 1. The van der Waals surface area contributed by atoms with Crippen molar-refractivity contribution in [2.24, 2.45) is 0 Å². The Morgan fingerprint density at radius 3 is 2.69 bits per heavy atom. The van der Waals surface area contributed by atoms with E-state index in [1.807, 2.05) is 38.1 Å². The standard InChI is InChI=1S/C44H45N5O9S/c1-7-12-48-28-14-23-13-20(2)37(54-6)36(51)31(23)34(48)35-41-33-32(40-39(56-19-57-40)21(3)38(33)58-22(4)50)30(49(35)29(28)16-45)17-55-43(52)44(18-59-41)42-25(10-11-46-44)26-15-24(53-5)8-9-27(26)47-42/h7-9,13,15,28-30,34-35,41,46-47,51H,1,10-12,14,17-19H2,2-6H3/t28-,29-,30-,34+,35?,41+,44+/m0/s1. The third-order valence-corrected chi connectivity index (χ3v) is 14.7. The Morgan fingerprint density at radius 2 is 1.95 bits per heavy atom. The van der Waals surface area contributed by atoms with E-state index >= 15 is 0 Å². The number of aromatic nitrogens is 1. The number of aromatic amines is 1. The molecule has 7 atom stereocenters. The third-order valence-electron chi connectivity index (χ3n) is 13.3. The van der Waals surface area contributed by atoms with E-state index in [1.54, 1.807) is 14.2 Å². The van der Waals surface area contributed by atoms with Crippen molar-refractivity contribution in [3.05, 3.63) is 81.6 Å². The average molecular weight is 820 g/mol. The molecule has 306 valence electrons. The second-order valence-corrected chi connectivity index (χ2v) is 17.2. The summed E-state index contributed by atoms with van der Waals surface area (Å²) in [6.07, 6.45) is 2.98. The molecular formula is C44H45N5O9S. The number of nitrogens with one attached hydrogen (secondary N) is 2. The molecule has 8 heterocycles. The summed E-state index contributed by atoms with van der Waals surface area (Å²) in [7, 11) is 3.18. The molecule has 1 spiro atoms. The van der Waals surface area contributed by atoms with Crippen molar-refractivity contribution >= 4 is 34.6 Å². The Kier molecular flexibility index (Phi) is 8.88. The van der Waals surface area contributed by atoms with E-state index in [-0.39, 0.29) is 30.9 Å². The predicted molar refractivity (Wildman–Crippen MR) is 217 cm³/mol. The number of carbonyl (C=O) groups is 2. The molecule has 11 rings (SSSR count). The van der Waals surface area contributed by atoms with Crippen LogP contribution in [0, 0.1) is 25.2 Å². The van der Waals surface area contributed by atoms with Crippen LogP contribution in [0.25, 0.3) is 10.9 Å². The van der Waals surface area contributed by atoms with Crippen LogP contribution in [-0.2, 0) is 32.7 Å². The fourth-order valence-electron chi connectivity index (χ4n) is 11.0. The lowest BCUT2D eigenvalue weighted by molar-refractivity contribution is -0.157. The number of nitrogens with zero attached hydrogens (tertiary/aromatic N) is 3. The maximum atomic E-state index is 15.0. The third kappa shape index (κ3) is 5.22. The number of H-pyrrole nitrogens is 1. The van der Waals surface area contributed by atoms with Crippen LogP contribution in [0.1, 0.15) is 68.9 Å². The average Bonchev–Trinajstić information content (AvgIpc) is 3.87. The van der Waals surface area contributed by atoms with Gasteiger partial charge in [0.2, 0.25) is 6.79 Å². The number of methoxy groups -OCH3 is 2. The number of fused-ring (bicyclic) bond motifs is 11. The molecule has 1 unspecified atom stereocenters. The summed E-state index contributed by atoms with van der Waals surface area (Å²) in [6.45, 7) is 9.99. The van der Waals surface area contributed by atoms with Crippen LogP contribution in [0.15, 0.2) is 36.9 Å².